The van der Waals surface area contributed by atoms with Crippen molar-refractivity contribution < 1.29 is 14.3 Å². The number of benzene rings is 3. The number of hydrogen-bond donors (Lipinski definition) is 0. The van der Waals surface area contributed by atoms with Gasteiger partial charge < -0.3 is 4.74 Å². The van der Waals surface area contributed by atoms with Crippen molar-refractivity contribution in [1.29, 1.82) is 0 Å². The predicted octanol–water partition coefficient (Wildman–Crippen LogP) is 3.51. The summed E-state index contributed by atoms with van der Waals surface area (Å²) in [5.74, 6) is 0.193. The lowest BCUT2D eigenvalue weighted by molar-refractivity contribution is 0.0587. The summed E-state index contributed by atoms with van der Waals surface area (Å²) in [6.45, 7) is 0.483. The molecule has 118 valence electrons. The minimum atomic E-state index is -0.263. The van der Waals surface area contributed by atoms with Crippen LogP contribution in [0.2, 0.25) is 0 Å². The highest BCUT2D eigenvalue weighted by Crippen LogP contribution is 2.29. The van der Waals surface area contributed by atoms with E-state index in [1.165, 1.54) is 4.90 Å². The van der Waals surface area contributed by atoms with Crippen molar-refractivity contribution in [2.24, 2.45) is 0 Å². The summed E-state index contributed by atoms with van der Waals surface area (Å²) < 4.78 is 5.62. The number of carbonyl (C=O) groups excluding carboxylic acids is 2. The molecule has 0 unspecified atom stereocenters. The number of nitrogens with zero attached hydrogens (tertiary/aromatic N) is 1. The van der Waals surface area contributed by atoms with Crippen LogP contribution < -0.4 is 4.74 Å². The number of hydrogen-bond acceptors (Lipinski definition) is 3. The third kappa shape index (κ3) is 2.33. The molecule has 0 bridgehead atoms. The molecule has 3 aromatic carbocycles. The Hall–Kier alpha value is -3.14. The van der Waals surface area contributed by atoms with E-state index >= 15 is 0 Å². The van der Waals surface area contributed by atoms with E-state index in [1.807, 2.05) is 54.6 Å². The molecule has 0 radical (unpaired) electrons. The smallest absolute Gasteiger partial charge is 0.261 e. The van der Waals surface area contributed by atoms with E-state index in [0.29, 0.717) is 11.1 Å². The van der Waals surface area contributed by atoms with E-state index in [1.54, 1.807) is 12.1 Å². The normalized spacial score (nSPS) is 13.4. The quantitative estimate of drug-likeness (QED) is 0.692. The maximum Gasteiger partial charge on any atom is 0.261 e. The summed E-state index contributed by atoms with van der Waals surface area (Å²) in [4.78, 5) is 26.7. The highest BCUT2D eigenvalue weighted by Gasteiger charge is 2.32. The molecule has 3 aromatic rings. The van der Waals surface area contributed by atoms with Crippen LogP contribution in [-0.4, -0.2) is 29.9 Å². The molecular formula is C20H15NO3. The molecule has 0 atom stereocenters. The Bertz CT molecular complexity index is 883. The Morgan fingerprint density at radius 2 is 1.38 bits per heavy atom. The van der Waals surface area contributed by atoms with Gasteiger partial charge in [0.15, 0.2) is 0 Å². The highest BCUT2D eigenvalue weighted by atomic mass is 16.5. The molecule has 1 heterocycles. The molecule has 4 nitrogen and oxygen atoms in total. The Kier molecular flexibility index (Phi) is 3.50. The standard InChI is InChI=1S/C20H15NO3/c22-19-16-10-4-6-14-7-5-11-17(18(14)16)20(23)21(19)12-13-24-15-8-2-1-3-9-15/h1-11H,12-13H2. The van der Waals surface area contributed by atoms with Crippen LogP contribution in [0.25, 0.3) is 10.8 Å². The summed E-state index contributed by atoms with van der Waals surface area (Å²) in [5, 5.41) is 1.65. The molecule has 0 saturated carbocycles. The lowest BCUT2D eigenvalue weighted by Crippen LogP contribution is -2.42. The molecule has 2 amide bonds. The summed E-state index contributed by atoms with van der Waals surface area (Å²) in [6, 6.07) is 20.4. The first-order valence-electron chi connectivity index (χ1n) is 7.81. The van der Waals surface area contributed by atoms with Crippen molar-refractivity contribution in [1.82, 2.24) is 4.90 Å². The molecule has 0 saturated heterocycles. The Balaban J connectivity index is 1.60. The van der Waals surface area contributed by atoms with Crippen molar-refractivity contribution in [3.8, 4) is 5.75 Å². The van der Waals surface area contributed by atoms with Crippen LogP contribution in [0.3, 0.4) is 0 Å². The monoisotopic (exact) mass is 317 g/mol. The van der Waals surface area contributed by atoms with Crippen molar-refractivity contribution in [3.63, 3.8) is 0 Å². The second kappa shape index (κ2) is 5.81. The first-order chi connectivity index (χ1) is 11.8. The molecule has 0 aromatic heterocycles. The molecule has 0 aliphatic carbocycles. The zero-order chi connectivity index (χ0) is 16.5. The first kappa shape index (κ1) is 14.5. The predicted molar refractivity (Wildman–Crippen MR) is 91.3 cm³/mol. The van der Waals surface area contributed by atoms with E-state index < -0.39 is 0 Å². The maximum absolute atomic E-state index is 12.7. The SMILES string of the molecule is O=C1c2cccc3cccc(c23)C(=O)N1CCOc1ccccc1. The van der Waals surface area contributed by atoms with Crippen molar-refractivity contribution >= 4 is 22.6 Å². The summed E-state index contributed by atoms with van der Waals surface area (Å²) in [5.41, 5.74) is 1.14. The van der Waals surface area contributed by atoms with Gasteiger partial charge in [-0.3, -0.25) is 14.5 Å². The van der Waals surface area contributed by atoms with Crippen LogP contribution in [0, 0.1) is 0 Å². The minimum absolute atomic E-state index is 0.220. The van der Waals surface area contributed by atoms with E-state index in [0.717, 1.165) is 16.5 Å². The highest BCUT2D eigenvalue weighted by molar-refractivity contribution is 6.25. The van der Waals surface area contributed by atoms with Gasteiger partial charge in [-0.05, 0) is 29.7 Å². The van der Waals surface area contributed by atoms with Gasteiger partial charge in [-0.1, -0.05) is 42.5 Å². The van der Waals surface area contributed by atoms with Gasteiger partial charge in [-0.2, -0.15) is 0 Å². The lowest BCUT2D eigenvalue weighted by Gasteiger charge is -2.27. The Morgan fingerprint density at radius 1 is 0.750 bits per heavy atom. The lowest BCUT2D eigenvalue weighted by atomic mass is 9.94. The topological polar surface area (TPSA) is 46.6 Å². The average molecular weight is 317 g/mol. The summed E-state index contributed by atoms with van der Waals surface area (Å²) in [7, 11) is 0. The van der Waals surface area contributed by atoms with Gasteiger partial charge in [0, 0.05) is 16.5 Å². The third-order valence-electron chi connectivity index (χ3n) is 4.18. The third-order valence-corrected chi connectivity index (χ3v) is 4.18. The Morgan fingerprint density at radius 3 is 2.00 bits per heavy atom. The van der Waals surface area contributed by atoms with Crippen molar-refractivity contribution in [3.05, 3.63) is 77.9 Å². The number of amides is 2. The van der Waals surface area contributed by atoms with Crippen LogP contribution in [-0.2, 0) is 0 Å². The molecule has 4 heteroatoms. The van der Waals surface area contributed by atoms with Crippen LogP contribution in [0.5, 0.6) is 5.75 Å². The van der Waals surface area contributed by atoms with Gasteiger partial charge in [0.25, 0.3) is 11.8 Å². The number of ether oxygens (including phenoxy) is 1. The fourth-order valence-corrected chi connectivity index (χ4v) is 3.06. The Labute approximate surface area is 139 Å². The molecule has 0 N–H and O–H groups in total. The molecule has 1 aliphatic rings. The van der Waals surface area contributed by atoms with Gasteiger partial charge in [-0.15, -0.1) is 0 Å². The van der Waals surface area contributed by atoms with Gasteiger partial charge in [0.1, 0.15) is 12.4 Å². The zero-order valence-electron chi connectivity index (χ0n) is 12.9. The van der Waals surface area contributed by atoms with Crippen molar-refractivity contribution in [2.45, 2.75) is 0 Å². The fourth-order valence-electron chi connectivity index (χ4n) is 3.06. The van der Waals surface area contributed by atoms with E-state index in [9.17, 15) is 9.59 Å². The van der Waals surface area contributed by atoms with E-state index in [-0.39, 0.29) is 25.0 Å². The largest absolute Gasteiger partial charge is 0.492 e. The molecule has 1 aliphatic heterocycles. The molecular weight excluding hydrogens is 302 g/mol. The van der Waals surface area contributed by atoms with Crippen LogP contribution >= 0.6 is 0 Å². The summed E-state index contributed by atoms with van der Waals surface area (Å²) >= 11 is 0. The molecule has 0 fully saturated rings. The molecule has 0 spiro atoms. The fraction of sp³-hybridized carbons (Fsp3) is 0.100. The van der Waals surface area contributed by atoms with Gasteiger partial charge >= 0.3 is 0 Å². The number of rotatable bonds is 4. The molecule has 4 rings (SSSR count). The van der Waals surface area contributed by atoms with Gasteiger partial charge in [0.2, 0.25) is 0 Å². The van der Waals surface area contributed by atoms with Crippen LogP contribution in [0.4, 0.5) is 0 Å². The second-order valence-corrected chi connectivity index (χ2v) is 5.63. The average Bonchev–Trinajstić information content (AvgIpc) is 2.63. The van der Waals surface area contributed by atoms with Gasteiger partial charge in [0.05, 0.1) is 6.54 Å². The van der Waals surface area contributed by atoms with E-state index in [2.05, 4.69) is 0 Å². The number of para-hydroxylation sites is 1. The maximum atomic E-state index is 12.7. The zero-order valence-corrected chi connectivity index (χ0v) is 12.9. The second-order valence-electron chi connectivity index (χ2n) is 5.63. The van der Waals surface area contributed by atoms with Crippen molar-refractivity contribution in [2.75, 3.05) is 13.2 Å². The molecule has 24 heavy (non-hydrogen) atoms. The number of imide groups is 1. The minimum Gasteiger partial charge on any atom is -0.492 e. The number of carbonyl (C=O) groups is 2. The summed E-state index contributed by atoms with van der Waals surface area (Å²) in [6.07, 6.45) is 0. The van der Waals surface area contributed by atoms with Gasteiger partial charge in [-0.25, -0.2) is 0 Å². The first-order valence-corrected chi connectivity index (χ1v) is 7.81. The van der Waals surface area contributed by atoms with Crippen LogP contribution in [0.1, 0.15) is 20.7 Å². The van der Waals surface area contributed by atoms with E-state index in [4.69, 9.17) is 4.74 Å². The van der Waals surface area contributed by atoms with Crippen LogP contribution in [0.15, 0.2) is 66.7 Å².